The van der Waals surface area contributed by atoms with Gasteiger partial charge in [0.25, 0.3) is 0 Å². The molecule has 0 heterocycles. The number of hydrogen-bond donors (Lipinski definition) is 2. The molecule has 2 aromatic rings. The lowest BCUT2D eigenvalue weighted by Gasteiger charge is -2.24. The van der Waals surface area contributed by atoms with Gasteiger partial charge in [0.2, 0.25) is 0 Å². The fraction of sp³-hybridized carbons (Fsp3) is 0.435. The molecule has 0 unspecified atom stereocenters. The van der Waals surface area contributed by atoms with E-state index in [1.807, 2.05) is 52.8 Å². The molecule has 0 fully saturated rings. The number of ether oxygens (including phenoxy) is 1. The highest BCUT2D eigenvalue weighted by Gasteiger charge is 2.24. The Bertz CT molecular complexity index is 902. The molecule has 0 aliphatic heterocycles. The van der Waals surface area contributed by atoms with Crippen LogP contribution in [0.25, 0.3) is 0 Å². The van der Waals surface area contributed by atoms with E-state index in [-0.39, 0.29) is 10.8 Å². The van der Waals surface area contributed by atoms with E-state index >= 15 is 0 Å². The highest BCUT2D eigenvalue weighted by molar-refractivity contribution is 7.99. The van der Waals surface area contributed by atoms with E-state index in [1.165, 1.54) is 0 Å². The number of aryl methyl sites for hydroxylation is 2. The van der Waals surface area contributed by atoms with Crippen LogP contribution in [0, 0.1) is 13.8 Å². The number of phenolic OH excluding ortho intramolecular Hbond substituents is 1. The smallest absolute Gasteiger partial charge is 0.508 e. The Balaban J connectivity index is 2.57. The number of carboxylic acid groups (broad SMARTS) is 1. The third-order valence-corrected chi connectivity index (χ3v) is 5.92. The van der Waals surface area contributed by atoms with Gasteiger partial charge in [-0.2, -0.15) is 0 Å². The Morgan fingerprint density at radius 2 is 1.32 bits per heavy atom. The second-order valence-electron chi connectivity index (χ2n) is 9.22. The van der Waals surface area contributed by atoms with E-state index in [0.717, 1.165) is 32.0 Å². The molecule has 0 bridgehead atoms. The predicted molar refractivity (Wildman–Crippen MR) is 114 cm³/mol. The summed E-state index contributed by atoms with van der Waals surface area (Å²) in [5.74, 6) is 0.686. The van der Waals surface area contributed by atoms with E-state index < -0.39 is 6.16 Å². The summed E-state index contributed by atoms with van der Waals surface area (Å²) < 4.78 is 5.04. The molecule has 28 heavy (non-hydrogen) atoms. The van der Waals surface area contributed by atoms with Crippen molar-refractivity contribution in [1.29, 1.82) is 0 Å². The first-order chi connectivity index (χ1) is 12.7. The Morgan fingerprint density at radius 3 is 1.79 bits per heavy atom. The van der Waals surface area contributed by atoms with Crippen molar-refractivity contribution < 1.29 is 19.7 Å². The summed E-state index contributed by atoms with van der Waals surface area (Å²) in [6.45, 7) is 16.3. The first kappa shape index (κ1) is 22.2. The molecule has 4 nitrogen and oxygen atoms in total. The number of phenols is 1. The number of rotatable bonds is 3. The Labute approximate surface area is 171 Å². The van der Waals surface area contributed by atoms with E-state index in [2.05, 4.69) is 20.8 Å². The van der Waals surface area contributed by atoms with E-state index in [1.54, 1.807) is 17.8 Å². The molecule has 5 heteroatoms. The summed E-state index contributed by atoms with van der Waals surface area (Å²) in [5.41, 5.74) is 3.25. The second-order valence-corrected chi connectivity index (χ2v) is 10.3. The molecule has 0 spiro atoms. The molecule has 0 saturated carbocycles. The predicted octanol–water partition coefficient (Wildman–Crippen LogP) is 6.81. The minimum absolute atomic E-state index is 0.169. The molecule has 0 aliphatic rings. The highest BCUT2D eigenvalue weighted by Crippen LogP contribution is 2.42. The van der Waals surface area contributed by atoms with Crippen LogP contribution in [0.15, 0.2) is 34.1 Å². The molecule has 0 amide bonds. The van der Waals surface area contributed by atoms with Crippen LogP contribution < -0.4 is 4.74 Å². The molecule has 0 radical (unpaired) electrons. The van der Waals surface area contributed by atoms with Crippen molar-refractivity contribution in [3.8, 4) is 11.5 Å². The van der Waals surface area contributed by atoms with Crippen molar-refractivity contribution in [2.75, 3.05) is 0 Å². The lowest BCUT2D eigenvalue weighted by atomic mass is 9.86. The van der Waals surface area contributed by atoms with Crippen LogP contribution in [0.3, 0.4) is 0 Å². The molecule has 0 aliphatic carbocycles. The van der Waals surface area contributed by atoms with Crippen LogP contribution >= 0.6 is 11.8 Å². The van der Waals surface area contributed by atoms with Crippen molar-refractivity contribution in [3.05, 3.63) is 46.5 Å². The molecular weight excluding hydrogens is 372 g/mol. The quantitative estimate of drug-likeness (QED) is 0.436. The summed E-state index contributed by atoms with van der Waals surface area (Å²) in [4.78, 5) is 13.2. The summed E-state index contributed by atoms with van der Waals surface area (Å²) >= 11 is 1.62. The van der Waals surface area contributed by atoms with Gasteiger partial charge >= 0.3 is 6.16 Å². The molecule has 0 saturated heterocycles. The van der Waals surface area contributed by atoms with Crippen molar-refractivity contribution in [1.82, 2.24) is 0 Å². The maximum atomic E-state index is 11.1. The second kappa shape index (κ2) is 7.70. The SMILES string of the molecule is Cc1cc(O)c(C(C)(C)C)cc1Sc1cc(C(C)(C)C)c(OC(=O)O)cc1C. The van der Waals surface area contributed by atoms with Gasteiger partial charge in [-0.3, -0.25) is 0 Å². The number of carbonyl (C=O) groups is 1. The van der Waals surface area contributed by atoms with Crippen LogP contribution in [-0.2, 0) is 10.8 Å². The third-order valence-electron chi connectivity index (χ3n) is 4.60. The standard InChI is InChI=1S/C23H30O4S/c1-13-9-17(24)15(22(3,4)5)11-19(13)28-20-12-16(23(6,7)8)18(10-14(20)2)27-21(25)26/h9-12,24H,1-8H3,(H,25,26). The van der Waals surface area contributed by atoms with Gasteiger partial charge < -0.3 is 14.9 Å². The van der Waals surface area contributed by atoms with Crippen molar-refractivity contribution >= 4 is 17.9 Å². The molecule has 2 N–H and O–H groups in total. The Morgan fingerprint density at radius 1 is 0.857 bits per heavy atom. The number of aromatic hydroxyl groups is 1. The summed E-state index contributed by atoms with van der Waals surface area (Å²) in [5, 5.41) is 19.4. The van der Waals surface area contributed by atoms with Crippen molar-refractivity contribution in [3.63, 3.8) is 0 Å². The van der Waals surface area contributed by atoms with Crippen molar-refractivity contribution in [2.45, 2.75) is 76.0 Å². The third kappa shape index (κ3) is 5.02. The van der Waals surface area contributed by atoms with Gasteiger partial charge in [-0.25, -0.2) is 4.79 Å². The number of hydrogen-bond acceptors (Lipinski definition) is 4. The normalized spacial score (nSPS) is 12.1. The van der Waals surface area contributed by atoms with Crippen LogP contribution in [-0.4, -0.2) is 16.4 Å². The zero-order chi connectivity index (χ0) is 21.4. The van der Waals surface area contributed by atoms with Gasteiger partial charge in [0.1, 0.15) is 11.5 Å². The van der Waals surface area contributed by atoms with Crippen molar-refractivity contribution in [2.24, 2.45) is 0 Å². The minimum Gasteiger partial charge on any atom is -0.508 e. The molecule has 0 aromatic heterocycles. The Hall–Kier alpha value is -2.14. The van der Waals surface area contributed by atoms with E-state index in [9.17, 15) is 9.90 Å². The summed E-state index contributed by atoms with van der Waals surface area (Å²) in [6, 6.07) is 7.66. The summed E-state index contributed by atoms with van der Waals surface area (Å²) in [7, 11) is 0. The fourth-order valence-corrected chi connectivity index (χ4v) is 4.07. The Kier molecular flexibility index (Phi) is 6.10. The van der Waals surface area contributed by atoms with Gasteiger partial charge in [-0.05, 0) is 60.1 Å². The van der Waals surface area contributed by atoms with E-state index in [0.29, 0.717) is 11.5 Å². The van der Waals surface area contributed by atoms with Gasteiger partial charge in [0.15, 0.2) is 0 Å². The zero-order valence-electron chi connectivity index (χ0n) is 17.9. The summed E-state index contributed by atoms with van der Waals surface area (Å²) in [6.07, 6.45) is -1.31. The van der Waals surface area contributed by atoms with Crippen LogP contribution in [0.5, 0.6) is 11.5 Å². The first-order valence-electron chi connectivity index (χ1n) is 9.28. The van der Waals surface area contributed by atoms with E-state index in [4.69, 9.17) is 9.84 Å². The van der Waals surface area contributed by atoms with Crippen LogP contribution in [0.2, 0.25) is 0 Å². The maximum absolute atomic E-state index is 11.1. The van der Waals surface area contributed by atoms with Gasteiger partial charge in [-0.1, -0.05) is 53.3 Å². The first-order valence-corrected chi connectivity index (χ1v) is 10.1. The fourth-order valence-electron chi connectivity index (χ4n) is 3.04. The monoisotopic (exact) mass is 402 g/mol. The zero-order valence-corrected chi connectivity index (χ0v) is 18.7. The lowest BCUT2D eigenvalue weighted by Crippen LogP contribution is -2.16. The molecule has 2 rings (SSSR count). The van der Waals surface area contributed by atoms with Gasteiger partial charge in [0, 0.05) is 20.9 Å². The largest absolute Gasteiger partial charge is 0.511 e. The lowest BCUT2D eigenvalue weighted by molar-refractivity contribution is 0.143. The minimum atomic E-state index is -1.31. The highest BCUT2D eigenvalue weighted by atomic mass is 32.2. The molecular formula is C23H30O4S. The van der Waals surface area contributed by atoms with Gasteiger partial charge in [0.05, 0.1) is 0 Å². The topological polar surface area (TPSA) is 66.8 Å². The van der Waals surface area contributed by atoms with Gasteiger partial charge in [-0.15, -0.1) is 0 Å². The van der Waals surface area contributed by atoms with Crippen LogP contribution in [0.4, 0.5) is 4.79 Å². The molecule has 2 aromatic carbocycles. The molecule has 0 atom stereocenters. The number of benzene rings is 2. The average molecular weight is 403 g/mol. The van der Waals surface area contributed by atoms with Crippen LogP contribution in [0.1, 0.15) is 63.8 Å². The maximum Gasteiger partial charge on any atom is 0.511 e. The average Bonchev–Trinajstić information content (AvgIpc) is 2.48. The molecule has 152 valence electrons.